The molecular formula is C26H29ClN2O2. The van der Waals surface area contributed by atoms with Crippen molar-refractivity contribution in [1.82, 2.24) is 9.80 Å². The number of benzene rings is 3. The lowest BCUT2D eigenvalue weighted by molar-refractivity contribution is 0.122. The van der Waals surface area contributed by atoms with E-state index >= 15 is 0 Å². The Labute approximate surface area is 190 Å². The van der Waals surface area contributed by atoms with Gasteiger partial charge in [-0.1, -0.05) is 60.1 Å². The quantitative estimate of drug-likeness (QED) is 0.481. The molecule has 1 aliphatic rings. The van der Waals surface area contributed by atoms with E-state index in [2.05, 4.69) is 46.2 Å². The Bertz CT molecular complexity index is 955. The van der Waals surface area contributed by atoms with E-state index in [4.69, 9.17) is 21.1 Å². The van der Waals surface area contributed by atoms with Crippen molar-refractivity contribution < 1.29 is 9.47 Å². The second kappa shape index (κ2) is 10.7. The smallest absolute Gasteiger partial charge is 0.161 e. The Balaban J connectivity index is 1.31. The molecule has 4 rings (SSSR count). The zero-order chi connectivity index (χ0) is 21.5. The highest BCUT2D eigenvalue weighted by Gasteiger charge is 2.18. The van der Waals surface area contributed by atoms with E-state index in [1.807, 2.05) is 36.4 Å². The van der Waals surface area contributed by atoms with Crippen LogP contribution in [0.5, 0.6) is 11.5 Å². The van der Waals surface area contributed by atoms with Crippen LogP contribution < -0.4 is 9.47 Å². The van der Waals surface area contributed by atoms with Crippen LogP contribution in [-0.2, 0) is 19.7 Å². The molecule has 0 amide bonds. The van der Waals surface area contributed by atoms with Gasteiger partial charge in [-0.05, 0) is 41.0 Å². The molecule has 1 saturated heterocycles. The highest BCUT2D eigenvalue weighted by atomic mass is 35.5. The summed E-state index contributed by atoms with van der Waals surface area (Å²) in [5, 5.41) is 0.792. The van der Waals surface area contributed by atoms with Gasteiger partial charge in [0.15, 0.2) is 11.5 Å². The number of halogens is 1. The van der Waals surface area contributed by atoms with Crippen molar-refractivity contribution in [2.24, 2.45) is 0 Å². The van der Waals surface area contributed by atoms with Gasteiger partial charge in [0.1, 0.15) is 6.61 Å². The van der Waals surface area contributed by atoms with Crippen molar-refractivity contribution in [2.45, 2.75) is 19.7 Å². The molecule has 0 bridgehead atoms. The molecular weight excluding hydrogens is 408 g/mol. The maximum absolute atomic E-state index is 6.07. The van der Waals surface area contributed by atoms with Crippen LogP contribution in [0.3, 0.4) is 0 Å². The third-order valence-electron chi connectivity index (χ3n) is 5.66. The van der Waals surface area contributed by atoms with Crippen LogP contribution in [0.15, 0.2) is 72.8 Å². The predicted molar refractivity (Wildman–Crippen MR) is 126 cm³/mol. The summed E-state index contributed by atoms with van der Waals surface area (Å²) in [6, 6.07) is 24.6. The average molecular weight is 437 g/mol. The zero-order valence-electron chi connectivity index (χ0n) is 18.0. The fourth-order valence-electron chi connectivity index (χ4n) is 3.88. The summed E-state index contributed by atoms with van der Waals surface area (Å²) < 4.78 is 11.6. The number of nitrogens with zero attached hydrogens (tertiary/aromatic N) is 2. The minimum absolute atomic E-state index is 0.532. The van der Waals surface area contributed by atoms with E-state index in [9.17, 15) is 0 Å². The molecule has 0 radical (unpaired) electrons. The molecule has 0 unspecified atom stereocenters. The number of hydrogen-bond donors (Lipinski definition) is 0. The van der Waals surface area contributed by atoms with E-state index in [0.717, 1.165) is 61.4 Å². The van der Waals surface area contributed by atoms with Crippen molar-refractivity contribution in [3.05, 3.63) is 94.5 Å². The zero-order valence-corrected chi connectivity index (χ0v) is 18.7. The van der Waals surface area contributed by atoms with Gasteiger partial charge in [-0.15, -0.1) is 0 Å². The maximum atomic E-state index is 6.07. The number of piperazine rings is 1. The average Bonchev–Trinajstić information content (AvgIpc) is 2.81. The lowest BCUT2D eigenvalue weighted by Gasteiger charge is -2.34. The number of rotatable bonds is 8. The Hall–Kier alpha value is -2.53. The lowest BCUT2D eigenvalue weighted by Crippen LogP contribution is -2.45. The molecule has 162 valence electrons. The molecule has 0 spiro atoms. The number of hydrogen-bond acceptors (Lipinski definition) is 4. The molecule has 0 aliphatic carbocycles. The van der Waals surface area contributed by atoms with Crippen molar-refractivity contribution in [2.75, 3.05) is 33.3 Å². The lowest BCUT2D eigenvalue weighted by atomic mass is 10.1. The number of ether oxygens (including phenoxy) is 2. The molecule has 0 N–H and O–H groups in total. The summed E-state index contributed by atoms with van der Waals surface area (Å²) in [5.41, 5.74) is 3.70. The van der Waals surface area contributed by atoms with E-state index in [1.165, 1.54) is 11.1 Å². The fraction of sp³-hybridized carbons (Fsp3) is 0.308. The second-order valence-corrected chi connectivity index (χ2v) is 8.37. The summed E-state index contributed by atoms with van der Waals surface area (Å²) in [6.45, 7) is 6.67. The monoisotopic (exact) mass is 436 g/mol. The normalized spacial score (nSPS) is 15.0. The minimum Gasteiger partial charge on any atom is -0.493 e. The molecule has 0 aromatic heterocycles. The molecule has 0 saturated carbocycles. The molecule has 1 fully saturated rings. The van der Waals surface area contributed by atoms with Gasteiger partial charge in [0.25, 0.3) is 0 Å². The van der Waals surface area contributed by atoms with Gasteiger partial charge in [-0.2, -0.15) is 0 Å². The van der Waals surface area contributed by atoms with Gasteiger partial charge in [-0.3, -0.25) is 9.80 Å². The first kappa shape index (κ1) is 21.7. The van der Waals surface area contributed by atoms with Gasteiger partial charge < -0.3 is 9.47 Å². The summed E-state index contributed by atoms with van der Waals surface area (Å²) in [6.07, 6.45) is 0. The van der Waals surface area contributed by atoms with Gasteiger partial charge in [0, 0.05) is 44.3 Å². The molecule has 3 aromatic carbocycles. The standard InChI is InChI=1S/C26H29ClN2O2/c1-30-25-12-9-23(17-26(25)31-20-22-5-3-2-4-6-22)19-29-15-13-28(14-16-29)18-21-7-10-24(27)11-8-21/h2-12,17H,13-16,18-20H2,1H3. The Kier molecular flexibility index (Phi) is 7.47. The molecule has 4 nitrogen and oxygen atoms in total. The third kappa shape index (κ3) is 6.23. The third-order valence-corrected chi connectivity index (χ3v) is 5.91. The summed E-state index contributed by atoms with van der Waals surface area (Å²) >= 11 is 5.99. The highest BCUT2D eigenvalue weighted by Crippen LogP contribution is 2.29. The molecule has 0 atom stereocenters. The fourth-order valence-corrected chi connectivity index (χ4v) is 4.01. The van der Waals surface area contributed by atoms with Crippen LogP contribution in [-0.4, -0.2) is 43.1 Å². The van der Waals surface area contributed by atoms with Crippen molar-refractivity contribution in [3.8, 4) is 11.5 Å². The topological polar surface area (TPSA) is 24.9 Å². The predicted octanol–water partition coefficient (Wildman–Crippen LogP) is 5.25. The molecule has 1 heterocycles. The Morgan fingerprint density at radius 1 is 0.710 bits per heavy atom. The van der Waals surface area contributed by atoms with Crippen LogP contribution >= 0.6 is 11.6 Å². The molecule has 31 heavy (non-hydrogen) atoms. The van der Waals surface area contributed by atoms with Gasteiger partial charge >= 0.3 is 0 Å². The van der Waals surface area contributed by atoms with Crippen molar-refractivity contribution in [3.63, 3.8) is 0 Å². The molecule has 3 aromatic rings. The highest BCUT2D eigenvalue weighted by molar-refractivity contribution is 6.30. The first-order chi connectivity index (χ1) is 15.2. The maximum Gasteiger partial charge on any atom is 0.161 e. The SMILES string of the molecule is COc1ccc(CN2CCN(Cc3ccc(Cl)cc3)CC2)cc1OCc1ccccc1. The second-order valence-electron chi connectivity index (χ2n) is 7.94. The van der Waals surface area contributed by atoms with Gasteiger partial charge in [0.2, 0.25) is 0 Å². The van der Waals surface area contributed by atoms with E-state index in [0.29, 0.717) is 6.61 Å². The Morgan fingerprint density at radius 3 is 1.97 bits per heavy atom. The molecule has 1 aliphatic heterocycles. The van der Waals surface area contributed by atoms with Gasteiger partial charge in [0.05, 0.1) is 7.11 Å². The largest absolute Gasteiger partial charge is 0.493 e. The summed E-state index contributed by atoms with van der Waals surface area (Å²) in [7, 11) is 1.68. The first-order valence-electron chi connectivity index (χ1n) is 10.7. The van der Waals surface area contributed by atoms with E-state index in [-0.39, 0.29) is 0 Å². The van der Waals surface area contributed by atoms with Crippen LogP contribution in [0, 0.1) is 0 Å². The summed E-state index contributed by atoms with van der Waals surface area (Å²) in [5.74, 6) is 1.57. The van der Waals surface area contributed by atoms with Crippen molar-refractivity contribution in [1.29, 1.82) is 0 Å². The Morgan fingerprint density at radius 2 is 1.32 bits per heavy atom. The van der Waals surface area contributed by atoms with E-state index < -0.39 is 0 Å². The number of methoxy groups -OCH3 is 1. The van der Waals surface area contributed by atoms with E-state index in [1.54, 1.807) is 7.11 Å². The van der Waals surface area contributed by atoms with Crippen LogP contribution in [0.2, 0.25) is 5.02 Å². The van der Waals surface area contributed by atoms with Crippen LogP contribution in [0.1, 0.15) is 16.7 Å². The van der Waals surface area contributed by atoms with Gasteiger partial charge in [-0.25, -0.2) is 0 Å². The molecule has 5 heteroatoms. The van der Waals surface area contributed by atoms with Crippen LogP contribution in [0.4, 0.5) is 0 Å². The minimum atomic E-state index is 0.532. The first-order valence-corrected chi connectivity index (χ1v) is 11.1. The van der Waals surface area contributed by atoms with Crippen LogP contribution in [0.25, 0.3) is 0 Å². The summed E-state index contributed by atoms with van der Waals surface area (Å²) in [4.78, 5) is 5.00. The van der Waals surface area contributed by atoms with Crippen molar-refractivity contribution >= 4 is 11.6 Å².